The third-order valence-electron chi connectivity index (χ3n) is 5.54. The molecule has 8 heteroatoms. The number of hydrogen-bond donors (Lipinski definition) is 2. The number of nitrogens with zero attached hydrogens (tertiary/aromatic N) is 3. The van der Waals surface area contributed by atoms with Gasteiger partial charge < -0.3 is 10.4 Å². The molecule has 0 bridgehead atoms. The van der Waals surface area contributed by atoms with Gasteiger partial charge in [-0.05, 0) is 43.3 Å². The van der Waals surface area contributed by atoms with Gasteiger partial charge in [-0.3, -0.25) is 4.99 Å². The molecular weight excluding hydrogens is 455 g/mol. The Labute approximate surface area is 199 Å². The van der Waals surface area contributed by atoms with Gasteiger partial charge in [0.15, 0.2) is 0 Å². The molecule has 168 valence electrons. The van der Waals surface area contributed by atoms with Crippen LogP contribution in [0.25, 0.3) is 11.3 Å². The maximum atomic E-state index is 14.7. The number of aromatic carboxylic acids is 1. The topological polar surface area (TPSA) is 87.5 Å². The summed E-state index contributed by atoms with van der Waals surface area (Å²) in [6, 6.07) is 17.0. The van der Waals surface area contributed by atoms with Gasteiger partial charge >= 0.3 is 5.97 Å². The Bertz CT molecular complexity index is 1490. The Balaban J connectivity index is 1.58. The summed E-state index contributed by atoms with van der Waals surface area (Å²) in [5.41, 5.74) is 5.70. The van der Waals surface area contributed by atoms with E-state index in [9.17, 15) is 14.3 Å². The number of anilines is 2. The van der Waals surface area contributed by atoms with Crippen LogP contribution >= 0.6 is 11.6 Å². The predicted octanol–water partition coefficient (Wildman–Crippen LogP) is 6.04. The average molecular weight is 473 g/mol. The number of carbonyl (C=O) groups is 1. The molecule has 0 saturated heterocycles. The SMILES string of the molecule is Cc1ccc2c(c1)C(c1ccccc1F)=NCc1cnc(Nc3ccc(C(=O)O)c(Cl)c3)nc1-2. The van der Waals surface area contributed by atoms with E-state index in [1.807, 2.05) is 25.1 Å². The number of halogens is 2. The largest absolute Gasteiger partial charge is 0.478 e. The van der Waals surface area contributed by atoms with Crippen molar-refractivity contribution in [1.29, 1.82) is 0 Å². The van der Waals surface area contributed by atoms with Crippen LogP contribution in [0.15, 0.2) is 71.9 Å². The van der Waals surface area contributed by atoms with Crippen molar-refractivity contribution in [3.8, 4) is 11.3 Å². The van der Waals surface area contributed by atoms with Gasteiger partial charge in [0.05, 0.1) is 28.5 Å². The first-order chi connectivity index (χ1) is 16.4. The van der Waals surface area contributed by atoms with E-state index in [2.05, 4.69) is 10.3 Å². The van der Waals surface area contributed by atoms with Gasteiger partial charge in [0.25, 0.3) is 0 Å². The summed E-state index contributed by atoms with van der Waals surface area (Å²) in [6.45, 7) is 2.27. The fourth-order valence-corrected chi connectivity index (χ4v) is 4.17. The van der Waals surface area contributed by atoms with E-state index in [4.69, 9.17) is 21.6 Å². The Hall–Kier alpha value is -4.10. The molecule has 2 heterocycles. The lowest BCUT2D eigenvalue weighted by Gasteiger charge is -2.13. The van der Waals surface area contributed by atoms with Gasteiger partial charge in [0.1, 0.15) is 5.82 Å². The molecule has 0 spiro atoms. The van der Waals surface area contributed by atoms with Crippen molar-refractivity contribution >= 4 is 34.9 Å². The van der Waals surface area contributed by atoms with Crippen molar-refractivity contribution in [3.05, 3.63) is 106 Å². The molecule has 0 fully saturated rings. The minimum absolute atomic E-state index is 0.0113. The molecule has 0 amide bonds. The lowest BCUT2D eigenvalue weighted by atomic mass is 9.93. The Morgan fingerprint density at radius 1 is 1.06 bits per heavy atom. The van der Waals surface area contributed by atoms with Crippen molar-refractivity contribution in [3.63, 3.8) is 0 Å². The van der Waals surface area contributed by atoms with Crippen LogP contribution in [0.3, 0.4) is 0 Å². The third kappa shape index (κ3) is 4.02. The molecule has 0 saturated carbocycles. The van der Waals surface area contributed by atoms with Crippen molar-refractivity contribution < 1.29 is 14.3 Å². The van der Waals surface area contributed by atoms with Crippen LogP contribution in [-0.4, -0.2) is 26.8 Å². The monoisotopic (exact) mass is 472 g/mol. The number of benzene rings is 3. The Morgan fingerprint density at radius 3 is 2.65 bits per heavy atom. The maximum absolute atomic E-state index is 14.7. The number of carboxylic acid groups (broad SMARTS) is 1. The second-order valence-corrected chi connectivity index (χ2v) is 8.29. The quantitative estimate of drug-likeness (QED) is 0.378. The molecule has 4 aromatic rings. The minimum Gasteiger partial charge on any atom is -0.478 e. The summed E-state index contributed by atoms with van der Waals surface area (Å²) in [4.78, 5) is 25.1. The smallest absolute Gasteiger partial charge is 0.337 e. The van der Waals surface area contributed by atoms with Gasteiger partial charge in [-0.1, -0.05) is 41.4 Å². The second kappa shape index (κ2) is 8.68. The van der Waals surface area contributed by atoms with Crippen molar-refractivity contribution in [2.75, 3.05) is 5.32 Å². The van der Waals surface area contributed by atoms with Gasteiger partial charge in [-0.15, -0.1) is 0 Å². The van der Waals surface area contributed by atoms with Crippen molar-refractivity contribution in [2.45, 2.75) is 13.5 Å². The lowest BCUT2D eigenvalue weighted by Crippen LogP contribution is -2.07. The number of aliphatic imine (C=N–C) groups is 1. The number of fused-ring (bicyclic) bond motifs is 3. The Morgan fingerprint density at radius 2 is 1.88 bits per heavy atom. The molecule has 1 aromatic heterocycles. The standard InChI is InChI=1S/C26H18ClFN4O2/c1-14-6-8-17-20(10-14)24(19-4-2-3-5-22(19)28)29-12-15-13-30-26(32-23(15)17)31-16-7-9-18(25(33)34)21(27)11-16/h2-11,13H,12H2,1H3,(H,33,34)(H,30,31,32). The molecule has 0 aliphatic carbocycles. The van der Waals surface area contributed by atoms with E-state index < -0.39 is 5.97 Å². The molecule has 34 heavy (non-hydrogen) atoms. The molecule has 0 radical (unpaired) electrons. The van der Waals surface area contributed by atoms with Crippen LogP contribution in [0.2, 0.25) is 5.02 Å². The summed E-state index contributed by atoms with van der Waals surface area (Å²) >= 11 is 6.09. The zero-order valence-electron chi connectivity index (χ0n) is 18.0. The molecular formula is C26H18ClFN4O2. The van der Waals surface area contributed by atoms with Crippen LogP contribution in [0.4, 0.5) is 16.0 Å². The van der Waals surface area contributed by atoms with Crippen LogP contribution in [-0.2, 0) is 6.54 Å². The molecule has 6 nitrogen and oxygen atoms in total. The lowest BCUT2D eigenvalue weighted by molar-refractivity contribution is 0.0697. The number of nitrogens with one attached hydrogen (secondary N) is 1. The fraction of sp³-hybridized carbons (Fsp3) is 0.0769. The van der Waals surface area contributed by atoms with Gasteiger partial charge in [-0.2, -0.15) is 0 Å². The molecule has 0 atom stereocenters. The number of aromatic nitrogens is 2. The zero-order chi connectivity index (χ0) is 23.8. The average Bonchev–Trinajstić information content (AvgIpc) is 2.96. The first-order valence-electron chi connectivity index (χ1n) is 10.5. The van der Waals surface area contributed by atoms with Crippen LogP contribution < -0.4 is 5.32 Å². The van der Waals surface area contributed by atoms with Gasteiger partial charge in [-0.25, -0.2) is 19.2 Å². The highest BCUT2D eigenvalue weighted by molar-refractivity contribution is 6.33. The highest BCUT2D eigenvalue weighted by atomic mass is 35.5. The number of aryl methyl sites for hydroxylation is 1. The van der Waals surface area contributed by atoms with E-state index in [1.165, 1.54) is 18.2 Å². The molecule has 3 aromatic carbocycles. The first kappa shape index (κ1) is 21.7. The summed E-state index contributed by atoms with van der Waals surface area (Å²) in [6.07, 6.45) is 1.69. The highest BCUT2D eigenvalue weighted by Crippen LogP contribution is 2.33. The van der Waals surface area contributed by atoms with Crippen molar-refractivity contribution in [1.82, 2.24) is 9.97 Å². The Kier molecular flexibility index (Phi) is 5.55. The van der Waals surface area contributed by atoms with E-state index in [1.54, 1.807) is 30.5 Å². The molecule has 1 aliphatic heterocycles. The maximum Gasteiger partial charge on any atom is 0.337 e. The summed E-state index contributed by atoms with van der Waals surface area (Å²) in [5.74, 6) is -1.12. The highest BCUT2D eigenvalue weighted by Gasteiger charge is 2.23. The van der Waals surface area contributed by atoms with E-state index >= 15 is 0 Å². The number of carboxylic acids is 1. The van der Waals surface area contributed by atoms with E-state index in [0.29, 0.717) is 35.1 Å². The van der Waals surface area contributed by atoms with Crippen LogP contribution in [0, 0.1) is 12.7 Å². The zero-order valence-corrected chi connectivity index (χ0v) is 18.8. The first-order valence-corrected chi connectivity index (χ1v) is 10.8. The molecule has 5 rings (SSSR count). The predicted molar refractivity (Wildman–Crippen MR) is 130 cm³/mol. The summed E-state index contributed by atoms with van der Waals surface area (Å²) in [5, 5.41) is 12.4. The van der Waals surface area contributed by atoms with E-state index in [0.717, 1.165) is 22.3 Å². The number of hydrogen-bond acceptors (Lipinski definition) is 5. The van der Waals surface area contributed by atoms with E-state index in [-0.39, 0.29) is 16.4 Å². The number of rotatable bonds is 4. The summed E-state index contributed by atoms with van der Waals surface area (Å²) < 4.78 is 14.7. The third-order valence-corrected chi connectivity index (χ3v) is 5.85. The summed E-state index contributed by atoms with van der Waals surface area (Å²) in [7, 11) is 0. The van der Waals surface area contributed by atoms with Crippen LogP contribution in [0.5, 0.6) is 0 Å². The second-order valence-electron chi connectivity index (χ2n) is 7.89. The molecule has 0 unspecified atom stereocenters. The van der Waals surface area contributed by atoms with Crippen molar-refractivity contribution in [2.24, 2.45) is 4.99 Å². The fourth-order valence-electron chi connectivity index (χ4n) is 3.90. The van der Waals surface area contributed by atoms with Crippen LogP contribution in [0.1, 0.15) is 32.6 Å². The van der Waals surface area contributed by atoms with Gasteiger partial charge in [0, 0.05) is 34.1 Å². The molecule has 1 aliphatic rings. The minimum atomic E-state index is -1.10. The molecule has 2 N–H and O–H groups in total. The normalized spacial score (nSPS) is 12.3. The van der Waals surface area contributed by atoms with Gasteiger partial charge in [0.2, 0.25) is 5.95 Å².